The van der Waals surface area contributed by atoms with Gasteiger partial charge in [0.05, 0.1) is 13.2 Å². The van der Waals surface area contributed by atoms with Gasteiger partial charge in [-0.3, -0.25) is 4.90 Å². The molecule has 0 N–H and O–H groups in total. The van der Waals surface area contributed by atoms with Crippen molar-refractivity contribution in [2.45, 2.75) is 38.8 Å². The van der Waals surface area contributed by atoms with E-state index < -0.39 is 0 Å². The minimum Gasteiger partial charge on any atom is -0.378 e. The van der Waals surface area contributed by atoms with Crippen LogP contribution in [0.2, 0.25) is 0 Å². The fraction of sp³-hybridized carbons (Fsp3) is 1.00. The van der Waals surface area contributed by atoms with E-state index in [1.807, 2.05) is 0 Å². The third-order valence-corrected chi connectivity index (χ3v) is 2.71. The molecule has 2 unspecified atom stereocenters. The van der Waals surface area contributed by atoms with E-state index in [-0.39, 0.29) is 0 Å². The van der Waals surface area contributed by atoms with Crippen molar-refractivity contribution in [2.75, 3.05) is 20.3 Å². The Morgan fingerprint density at radius 2 is 1.64 bits per heavy atom. The van der Waals surface area contributed by atoms with E-state index in [4.69, 9.17) is 4.74 Å². The number of likely N-dealkylation sites (N-methyl/N-ethyl adjacent to an activating group) is 1. The topological polar surface area (TPSA) is 12.5 Å². The lowest BCUT2D eigenvalue weighted by molar-refractivity contribution is -0.0377. The summed E-state index contributed by atoms with van der Waals surface area (Å²) < 4.78 is 5.51. The van der Waals surface area contributed by atoms with Crippen molar-refractivity contribution >= 4 is 0 Å². The summed E-state index contributed by atoms with van der Waals surface area (Å²) in [7, 11) is 2.21. The van der Waals surface area contributed by atoms with Crippen LogP contribution in [0.4, 0.5) is 0 Å². The zero-order valence-corrected chi connectivity index (χ0v) is 7.84. The molecule has 2 nitrogen and oxygen atoms in total. The SMILES string of the molecule is CCC1COCC(CC)N1C. The van der Waals surface area contributed by atoms with Gasteiger partial charge in [0.15, 0.2) is 0 Å². The van der Waals surface area contributed by atoms with Crippen LogP contribution in [0, 0.1) is 0 Å². The van der Waals surface area contributed by atoms with E-state index >= 15 is 0 Å². The third kappa shape index (κ3) is 1.94. The Kier molecular flexibility index (Phi) is 3.34. The maximum absolute atomic E-state index is 5.51. The molecule has 0 aromatic heterocycles. The Hall–Kier alpha value is -0.0800. The molecular weight excluding hydrogens is 138 g/mol. The van der Waals surface area contributed by atoms with Gasteiger partial charge in [-0.05, 0) is 19.9 Å². The molecule has 66 valence electrons. The molecule has 1 aliphatic heterocycles. The molecule has 0 aromatic carbocycles. The van der Waals surface area contributed by atoms with Crippen molar-refractivity contribution in [3.05, 3.63) is 0 Å². The Morgan fingerprint density at radius 3 is 2.00 bits per heavy atom. The second kappa shape index (κ2) is 4.07. The van der Waals surface area contributed by atoms with Crippen LogP contribution >= 0.6 is 0 Å². The molecule has 1 heterocycles. The Morgan fingerprint density at radius 1 is 1.18 bits per heavy atom. The van der Waals surface area contributed by atoms with Crippen LogP contribution in [0.5, 0.6) is 0 Å². The van der Waals surface area contributed by atoms with Gasteiger partial charge < -0.3 is 4.74 Å². The molecule has 1 fully saturated rings. The van der Waals surface area contributed by atoms with Crippen molar-refractivity contribution in [1.29, 1.82) is 0 Å². The second-order valence-electron chi connectivity index (χ2n) is 3.33. The van der Waals surface area contributed by atoms with Crippen LogP contribution in [-0.4, -0.2) is 37.2 Å². The first-order valence-corrected chi connectivity index (χ1v) is 4.59. The molecule has 2 heteroatoms. The highest BCUT2D eigenvalue weighted by Gasteiger charge is 2.25. The van der Waals surface area contributed by atoms with Crippen molar-refractivity contribution in [1.82, 2.24) is 4.90 Å². The molecule has 0 spiro atoms. The van der Waals surface area contributed by atoms with E-state index in [9.17, 15) is 0 Å². The summed E-state index contributed by atoms with van der Waals surface area (Å²) in [5.74, 6) is 0. The van der Waals surface area contributed by atoms with Crippen LogP contribution < -0.4 is 0 Å². The van der Waals surface area contributed by atoms with Gasteiger partial charge in [0.25, 0.3) is 0 Å². The first kappa shape index (κ1) is 9.01. The van der Waals surface area contributed by atoms with E-state index in [0.717, 1.165) is 13.2 Å². The molecule has 0 saturated carbocycles. The Bertz CT molecular complexity index is 104. The minimum atomic E-state index is 0.647. The van der Waals surface area contributed by atoms with Crippen molar-refractivity contribution in [2.24, 2.45) is 0 Å². The largest absolute Gasteiger partial charge is 0.378 e. The van der Waals surface area contributed by atoms with Crippen LogP contribution in [0.15, 0.2) is 0 Å². The minimum absolute atomic E-state index is 0.647. The molecule has 2 atom stereocenters. The van der Waals surface area contributed by atoms with E-state index in [2.05, 4.69) is 25.8 Å². The Labute approximate surface area is 69.5 Å². The molecule has 0 amide bonds. The van der Waals surface area contributed by atoms with Gasteiger partial charge in [-0.25, -0.2) is 0 Å². The molecular formula is C9H19NO. The first-order chi connectivity index (χ1) is 5.29. The van der Waals surface area contributed by atoms with Gasteiger partial charge in [-0.2, -0.15) is 0 Å². The number of rotatable bonds is 2. The maximum atomic E-state index is 5.51. The number of hydrogen-bond acceptors (Lipinski definition) is 2. The average molecular weight is 157 g/mol. The highest BCUT2D eigenvalue weighted by Crippen LogP contribution is 2.15. The molecule has 1 saturated heterocycles. The summed E-state index contributed by atoms with van der Waals surface area (Å²) in [6.07, 6.45) is 2.40. The molecule has 1 aliphatic rings. The molecule has 0 radical (unpaired) electrons. The standard InChI is InChI=1S/C9H19NO/c1-4-8-6-11-7-9(5-2)10(8)3/h8-9H,4-7H2,1-3H3. The zero-order chi connectivity index (χ0) is 8.27. The normalized spacial score (nSPS) is 34.1. The van der Waals surface area contributed by atoms with Crippen molar-refractivity contribution in [3.63, 3.8) is 0 Å². The first-order valence-electron chi connectivity index (χ1n) is 4.59. The fourth-order valence-electron chi connectivity index (χ4n) is 1.69. The lowest BCUT2D eigenvalue weighted by atomic mass is 10.1. The molecule has 11 heavy (non-hydrogen) atoms. The van der Waals surface area contributed by atoms with Gasteiger partial charge in [0.2, 0.25) is 0 Å². The quantitative estimate of drug-likeness (QED) is 0.602. The van der Waals surface area contributed by atoms with Gasteiger partial charge in [-0.1, -0.05) is 13.8 Å². The number of hydrogen-bond donors (Lipinski definition) is 0. The van der Waals surface area contributed by atoms with Gasteiger partial charge in [0.1, 0.15) is 0 Å². The van der Waals surface area contributed by atoms with E-state index in [0.29, 0.717) is 12.1 Å². The van der Waals surface area contributed by atoms with Crippen LogP contribution in [0.25, 0.3) is 0 Å². The number of ether oxygens (including phenoxy) is 1. The van der Waals surface area contributed by atoms with Crippen LogP contribution in [-0.2, 0) is 4.74 Å². The lowest BCUT2D eigenvalue weighted by Crippen LogP contribution is -2.49. The highest BCUT2D eigenvalue weighted by molar-refractivity contribution is 4.78. The number of nitrogens with zero attached hydrogens (tertiary/aromatic N) is 1. The zero-order valence-electron chi connectivity index (χ0n) is 7.84. The van der Waals surface area contributed by atoms with Crippen molar-refractivity contribution in [3.8, 4) is 0 Å². The lowest BCUT2D eigenvalue weighted by Gasteiger charge is -2.38. The summed E-state index contributed by atoms with van der Waals surface area (Å²) in [4.78, 5) is 2.46. The van der Waals surface area contributed by atoms with Gasteiger partial charge in [-0.15, -0.1) is 0 Å². The number of morpholine rings is 1. The summed E-state index contributed by atoms with van der Waals surface area (Å²) in [6.45, 7) is 6.29. The molecule has 1 rings (SSSR count). The molecule has 0 bridgehead atoms. The van der Waals surface area contributed by atoms with Crippen LogP contribution in [0.3, 0.4) is 0 Å². The predicted octanol–water partition coefficient (Wildman–Crippen LogP) is 1.51. The smallest absolute Gasteiger partial charge is 0.0622 e. The fourth-order valence-corrected chi connectivity index (χ4v) is 1.69. The predicted molar refractivity (Wildman–Crippen MR) is 46.7 cm³/mol. The van der Waals surface area contributed by atoms with Gasteiger partial charge in [0, 0.05) is 12.1 Å². The summed E-state index contributed by atoms with van der Waals surface area (Å²) >= 11 is 0. The second-order valence-corrected chi connectivity index (χ2v) is 3.33. The third-order valence-electron chi connectivity index (χ3n) is 2.71. The van der Waals surface area contributed by atoms with Gasteiger partial charge >= 0.3 is 0 Å². The average Bonchev–Trinajstić information content (AvgIpc) is 2.05. The molecule has 0 aliphatic carbocycles. The molecule has 0 aromatic rings. The summed E-state index contributed by atoms with van der Waals surface area (Å²) in [5, 5.41) is 0. The van der Waals surface area contributed by atoms with Crippen LogP contribution in [0.1, 0.15) is 26.7 Å². The Balaban J connectivity index is 2.45. The highest BCUT2D eigenvalue weighted by atomic mass is 16.5. The van der Waals surface area contributed by atoms with E-state index in [1.54, 1.807) is 0 Å². The summed E-state index contributed by atoms with van der Waals surface area (Å²) in [5.41, 5.74) is 0. The van der Waals surface area contributed by atoms with Crippen molar-refractivity contribution < 1.29 is 4.74 Å². The monoisotopic (exact) mass is 157 g/mol. The van der Waals surface area contributed by atoms with E-state index in [1.165, 1.54) is 12.8 Å². The summed E-state index contributed by atoms with van der Waals surface area (Å²) in [6, 6.07) is 1.29. The maximum Gasteiger partial charge on any atom is 0.0622 e.